The Bertz CT molecular complexity index is 2120. The van der Waals surface area contributed by atoms with Gasteiger partial charge < -0.3 is 14.2 Å². The predicted molar refractivity (Wildman–Crippen MR) is 175 cm³/mol. The Kier molecular flexibility index (Phi) is 7.82. The molecule has 0 radical (unpaired) electrons. The molecule has 1 amide bonds. The first-order chi connectivity index (χ1) is 21.3. The zero-order valence-corrected chi connectivity index (χ0v) is 26.6. The number of carbonyl (C=O) groups excluding carboxylic acids is 1. The van der Waals surface area contributed by atoms with E-state index in [1.807, 2.05) is 95.4 Å². The molecule has 0 spiro atoms. The number of rotatable bonds is 7. The van der Waals surface area contributed by atoms with Crippen molar-refractivity contribution in [2.75, 3.05) is 20.2 Å². The van der Waals surface area contributed by atoms with Gasteiger partial charge in [-0.05, 0) is 81.3 Å². The Morgan fingerprint density at radius 2 is 1.84 bits per heavy atom. The normalized spacial score (nSPS) is 15.0. The molecule has 3 aromatic heterocycles. The van der Waals surface area contributed by atoms with Gasteiger partial charge in [-0.15, -0.1) is 0 Å². The van der Waals surface area contributed by atoms with Crippen molar-refractivity contribution in [1.82, 2.24) is 19.0 Å². The van der Waals surface area contributed by atoms with Crippen LogP contribution in [0.5, 0.6) is 5.75 Å². The molecule has 224 valence electrons. The third-order valence-electron chi connectivity index (χ3n) is 8.39. The van der Waals surface area contributed by atoms with Crippen LogP contribution in [0.4, 0.5) is 0 Å². The number of benzene rings is 2. The number of amides is 1. The predicted octanol–water partition coefficient (Wildman–Crippen LogP) is 5.07. The molecule has 6 rings (SSSR count). The number of nitrogens with zero attached hydrogens (tertiary/aromatic N) is 5. The summed E-state index contributed by atoms with van der Waals surface area (Å²) in [7, 11) is 1.62. The first-order valence-electron chi connectivity index (χ1n) is 14.8. The van der Waals surface area contributed by atoms with Crippen LogP contribution in [-0.2, 0) is 4.79 Å². The summed E-state index contributed by atoms with van der Waals surface area (Å²) >= 11 is 1.34. The lowest BCUT2D eigenvalue weighted by atomic mass is 9.90. The van der Waals surface area contributed by atoms with E-state index in [1.165, 1.54) is 11.3 Å². The highest BCUT2D eigenvalue weighted by Gasteiger charge is 2.36. The van der Waals surface area contributed by atoms with Crippen molar-refractivity contribution in [2.24, 2.45) is 4.99 Å². The molecule has 1 aliphatic rings. The van der Waals surface area contributed by atoms with Crippen LogP contribution >= 0.6 is 11.3 Å². The van der Waals surface area contributed by atoms with Crippen molar-refractivity contribution in [1.29, 1.82) is 0 Å². The van der Waals surface area contributed by atoms with Gasteiger partial charge in [-0.3, -0.25) is 19.1 Å². The number of thiazole rings is 1. The number of aryl methyl sites for hydroxylation is 1. The minimum absolute atomic E-state index is 0.134. The van der Waals surface area contributed by atoms with E-state index in [9.17, 15) is 9.59 Å². The number of carbonyl (C=O) groups is 1. The number of aromatic nitrogens is 3. The molecule has 0 N–H and O–H groups in total. The maximum absolute atomic E-state index is 14.5. The number of hydrogen-bond donors (Lipinski definition) is 0. The Morgan fingerprint density at radius 3 is 2.55 bits per heavy atom. The fourth-order valence-corrected chi connectivity index (χ4v) is 7.28. The Balaban J connectivity index is 1.63. The molecule has 0 fully saturated rings. The molecule has 9 heteroatoms. The third-order valence-corrected chi connectivity index (χ3v) is 9.37. The van der Waals surface area contributed by atoms with E-state index in [4.69, 9.17) is 9.73 Å². The summed E-state index contributed by atoms with van der Waals surface area (Å²) in [5.74, 6) is 0.480. The lowest BCUT2D eigenvalue weighted by Crippen LogP contribution is -2.43. The van der Waals surface area contributed by atoms with E-state index < -0.39 is 6.04 Å². The van der Waals surface area contributed by atoms with Crippen LogP contribution in [0.3, 0.4) is 0 Å². The van der Waals surface area contributed by atoms with Crippen molar-refractivity contribution in [3.05, 3.63) is 120 Å². The number of pyridine rings is 1. The molecular weight excluding hydrogens is 570 g/mol. The molecular formula is C35H35N5O3S. The van der Waals surface area contributed by atoms with Gasteiger partial charge in [0, 0.05) is 36.2 Å². The topological polar surface area (TPSA) is 81.7 Å². The lowest BCUT2D eigenvalue weighted by Gasteiger charge is -2.30. The zero-order valence-electron chi connectivity index (χ0n) is 25.8. The summed E-state index contributed by atoms with van der Waals surface area (Å²) in [6.07, 6.45) is 5.51. The highest BCUT2D eigenvalue weighted by molar-refractivity contribution is 7.07. The first kappa shape index (κ1) is 29.3. The summed E-state index contributed by atoms with van der Waals surface area (Å²) < 4.78 is 10.3. The summed E-state index contributed by atoms with van der Waals surface area (Å²) in [6, 6.07) is 17.2. The number of likely N-dealkylation sites (N-methyl/N-ethyl adjacent to an activating group) is 1. The molecule has 1 atom stereocenters. The molecule has 44 heavy (non-hydrogen) atoms. The van der Waals surface area contributed by atoms with Gasteiger partial charge in [-0.1, -0.05) is 41.7 Å². The van der Waals surface area contributed by atoms with Gasteiger partial charge in [-0.2, -0.15) is 0 Å². The molecule has 0 saturated heterocycles. The summed E-state index contributed by atoms with van der Waals surface area (Å²) in [5, 5.41) is 1.92. The van der Waals surface area contributed by atoms with E-state index in [0.717, 1.165) is 39.0 Å². The van der Waals surface area contributed by atoms with Gasteiger partial charge in [0.25, 0.3) is 11.5 Å². The summed E-state index contributed by atoms with van der Waals surface area (Å²) in [5.41, 5.74) is 5.60. The van der Waals surface area contributed by atoms with E-state index in [2.05, 4.69) is 15.6 Å². The monoisotopic (exact) mass is 605 g/mol. The molecule has 1 aliphatic heterocycles. The van der Waals surface area contributed by atoms with Gasteiger partial charge in [-0.25, -0.2) is 4.99 Å². The third kappa shape index (κ3) is 4.77. The van der Waals surface area contributed by atoms with Crippen LogP contribution in [0.25, 0.3) is 22.5 Å². The quantitative estimate of drug-likeness (QED) is 0.260. The molecule has 0 bridgehead atoms. The minimum Gasteiger partial charge on any atom is -0.496 e. The van der Waals surface area contributed by atoms with Crippen molar-refractivity contribution in [3.8, 4) is 11.4 Å². The second-order valence-electron chi connectivity index (χ2n) is 10.8. The molecule has 0 aliphatic carbocycles. The van der Waals surface area contributed by atoms with Gasteiger partial charge in [0.2, 0.25) is 0 Å². The van der Waals surface area contributed by atoms with Crippen molar-refractivity contribution < 1.29 is 9.53 Å². The highest BCUT2D eigenvalue weighted by Crippen LogP contribution is 2.40. The molecule has 0 saturated carbocycles. The second-order valence-corrected chi connectivity index (χ2v) is 11.8. The molecule has 8 nitrogen and oxygen atoms in total. The average molecular weight is 606 g/mol. The lowest BCUT2D eigenvalue weighted by molar-refractivity contribution is -0.127. The second kappa shape index (κ2) is 11.7. The van der Waals surface area contributed by atoms with Crippen molar-refractivity contribution >= 4 is 34.1 Å². The number of fused-ring (bicyclic) bond motifs is 2. The average Bonchev–Trinajstić information content (AvgIpc) is 3.49. The zero-order chi connectivity index (χ0) is 31.1. The smallest absolute Gasteiger partial charge is 0.271 e. The molecule has 4 heterocycles. The molecule has 0 unspecified atom stereocenters. The van der Waals surface area contributed by atoms with Crippen molar-refractivity contribution in [3.63, 3.8) is 0 Å². The van der Waals surface area contributed by atoms with Gasteiger partial charge in [0.05, 0.1) is 34.8 Å². The van der Waals surface area contributed by atoms with Crippen LogP contribution in [-0.4, -0.2) is 45.1 Å². The standard InChI is InChI=1S/C35H35N5O3S/c1-7-38(8-2)34(42)30-22(4)37-35-40(32(30)31-27-14-10-9-12-24(27)15-16-28(31)43-6)33(41)29(44-35)19-25-18-21(3)39(23(25)5)26-13-11-17-36-20-26/h9-20,32H,7-8H2,1-6H3/b29-19+/t32-/m1/s1. The van der Waals surface area contributed by atoms with Gasteiger partial charge in [0.15, 0.2) is 4.80 Å². The number of hydrogen-bond acceptors (Lipinski definition) is 6. The Labute approximate surface area is 259 Å². The molecule has 5 aromatic rings. The van der Waals surface area contributed by atoms with Crippen LogP contribution < -0.4 is 19.6 Å². The highest BCUT2D eigenvalue weighted by atomic mass is 32.1. The fourth-order valence-electron chi connectivity index (χ4n) is 6.24. The van der Waals surface area contributed by atoms with Crippen LogP contribution in [0.2, 0.25) is 0 Å². The maximum atomic E-state index is 14.5. The first-order valence-corrected chi connectivity index (χ1v) is 15.6. The number of methoxy groups -OCH3 is 1. The Hall–Kier alpha value is -4.76. The largest absolute Gasteiger partial charge is 0.496 e. The summed E-state index contributed by atoms with van der Waals surface area (Å²) in [4.78, 5) is 40.1. The number of allylic oxidation sites excluding steroid dienone is 1. The van der Waals surface area contributed by atoms with E-state index in [1.54, 1.807) is 22.8 Å². The Morgan fingerprint density at radius 1 is 1.07 bits per heavy atom. The minimum atomic E-state index is -0.717. The van der Waals surface area contributed by atoms with E-state index in [-0.39, 0.29) is 11.5 Å². The van der Waals surface area contributed by atoms with E-state index >= 15 is 0 Å². The maximum Gasteiger partial charge on any atom is 0.271 e. The van der Waals surface area contributed by atoms with E-state index in [0.29, 0.717) is 39.4 Å². The SMILES string of the molecule is CCN(CC)C(=O)C1=C(C)N=c2s/c(=C/c3cc(C)n(-c4cccnc4)c3C)c(=O)n2[C@H]1c1c(OC)ccc2ccccc12. The van der Waals surface area contributed by atoms with Crippen LogP contribution in [0, 0.1) is 13.8 Å². The molecule has 2 aromatic carbocycles. The summed E-state index contributed by atoms with van der Waals surface area (Å²) in [6.45, 7) is 11.0. The fraction of sp³-hybridized carbons (Fsp3) is 0.257. The van der Waals surface area contributed by atoms with Gasteiger partial charge >= 0.3 is 0 Å². The van der Waals surface area contributed by atoms with Crippen molar-refractivity contribution in [2.45, 2.75) is 40.7 Å². The van der Waals surface area contributed by atoms with Crippen LogP contribution in [0.15, 0.2) is 88.0 Å². The number of ether oxygens (including phenoxy) is 1. The van der Waals surface area contributed by atoms with Crippen LogP contribution in [0.1, 0.15) is 49.3 Å². The van der Waals surface area contributed by atoms with Gasteiger partial charge in [0.1, 0.15) is 11.8 Å².